The van der Waals surface area contributed by atoms with Gasteiger partial charge in [-0.3, -0.25) is 4.79 Å². The first-order chi connectivity index (χ1) is 11.3. The summed E-state index contributed by atoms with van der Waals surface area (Å²) in [4.78, 5) is 12.1. The molecule has 6 heteroatoms. The summed E-state index contributed by atoms with van der Waals surface area (Å²) in [7, 11) is 1.54. The lowest BCUT2D eigenvalue weighted by Gasteiger charge is -2.17. The van der Waals surface area contributed by atoms with Crippen LogP contribution in [0.1, 0.15) is 29.7 Å². The van der Waals surface area contributed by atoms with E-state index in [4.69, 9.17) is 4.74 Å². The van der Waals surface area contributed by atoms with Gasteiger partial charge in [0.25, 0.3) is 0 Å². The summed E-state index contributed by atoms with van der Waals surface area (Å²) < 4.78 is 43.4. The van der Waals surface area contributed by atoms with Crippen LogP contribution in [-0.4, -0.2) is 13.0 Å². The van der Waals surface area contributed by atoms with Gasteiger partial charge in [0.05, 0.1) is 25.1 Å². The van der Waals surface area contributed by atoms with E-state index < -0.39 is 11.7 Å². The molecular formula is C18H18F3NO2. The Hall–Kier alpha value is -2.50. The van der Waals surface area contributed by atoms with Crippen molar-refractivity contribution in [2.75, 3.05) is 7.11 Å². The highest BCUT2D eigenvalue weighted by atomic mass is 19.4. The van der Waals surface area contributed by atoms with Gasteiger partial charge < -0.3 is 10.1 Å². The molecule has 2 aromatic rings. The fourth-order valence-corrected chi connectivity index (χ4v) is 2.44. The van der Waals surface area contributed by atoms with Crippen LogP contribution in [0.3, 0.4) is 0 Å². The molecule has 3 nitrogen and oxygen atoms in total. The molecule has 0 saturated carbocycles. The average molecular weight is 337 g/mol. The number of rotatable bonds is 5. The van der Waals surface area contributed by atoms with E-state index in [-0.39, 0.29) is 18.4 Å². The van der Waals surface area contributed by atoms with Gasteiger partial charge in [-0.2, -0.15) is 13.2 Å². The van der Waals surface area contributed by atoms with E-state index in [1.165, 1.54) is 19.2 Å². The van der Waals surface area contributed by atoms with E-state index in [0.717, 1.165) is 17.7 Å². The average Bonchev–Trinajstić information content (AvgIpc) is 2.54. The number of amides is 1. The number of benzene rings is 2. The molecule has 128 valence electrons. The summed E-state index contributed by atoms with van der Waals surface area (Å²) in [6.07, 6.45) is -4.54. The van der Waals surface area contributed by atoms with Gasteiger partial charge in [-0.15, -0.1) is 0 Å². The molecule has 0 aliphatic carbocycles. The normalized spacial score (nSPS) is 12.5. The molecule has 0 saturated heterocycles. The van der Waals surface area contributed by atoms with Crippen LogP contribution in [0, 0.1) is 0 Å². The van der Waals surface area contributed by atoms with Gasteiger partial charge in [-0.05, 0) is 24.6 Å². The molecule has 0 heterocycles. The van der Waals surface area contributed by atoms with Crippen LogP contribution in [0.5, 0.6) is 5.75 Å². The van der Waals surface area contributed by atoms with Crippen LogP contribution in [-0.2, 0) is 17.4 Å². The molecule has 0 aromatic heterocycles. The molecule has 2 rings (SSSR count). The van der Waals surface area contributed by atoms with Gasteiger partial charge in [-0.25, -0.2) is 0 Å². The topological polar surface area (TPSA) is 38.3 Å². The maximum absolute atomic E-state index is 12.7. The number of nitrogens with one attached hydrogen (secondary N) is 1. The second-order valence-corrected chi connectivity index (χ2v) is 5.41. The van der Waals surface area contributed by atoms with Gasteiger partial charge >= 0.3 is 6.18 Å². The van der Waals surface area contributed by atoms with E-state index in [2.05, 4.69) is 5.32 Å². The van der Waals surface area contributed by atoms with E-state index in [9.17, 15) is 18.0 Å². The van der Waals surface area contributed by atoms with Gasteiger partial charge in [0.1, 0.15) is 5.75 Å². The van der Waals surface area contributed by atoms with E-state index in [1.54, 1.807) is 13.0 Å². The van der Waals surface area contributed by atoms with E-state index >= 15 is 0 Å². The van der Waals surface area contributed by atoms with Crippen LogP contribution in [0.4, 0.5) is 13.2 Å². The van der Waals surface area contributed by atoms with Gasteiger partial charge in [0.2, 0.25) is 5.91 Å². The minimum Gasteiger partial charge on any atom is -0.496 e. The van der Waals surface area contributed by atoms with Gasteiger partial charge in [-0.1, -0.05) is 36.4 Å². The number of para-hydroxylation sites is 1. The molecule has 0 aliphatic heterocycles. The number of alkyl halides is 3. The first-order valence-electron chi connectivity index (χ1n) is 7.39. The number of carbonyl (C=O) groups is 1. The Morgan fingerprint density at radius 2 is 1.88 bits per heavy atom. The van der Waals surface area contributed by atoms with Crippen molar-refractivity contribution >= 4 is 5.91 Å². The predicted octanol–water partition coefficient (Wildman–Crippen LogP) is 4.13. The van der Waals surface area contributed by atoms with Crippen molar-refractivity contribution in [1.29, 1.82) is 0 Å². The number of methoxy groups -OCH3 is 1. The summed E-state index contributed by atoms with van der Waals surface area (Å²) in [5, 5.41) is 2.78. The Bertz CT molecular complexity index is 713. The summed E-state index contributed by atoms with van der Waals surface area (Å²) in [5.74, 6) is 0.289. The Morgan fingerprint density at radius 1 is 1.17 bits per heavy atom. The predicted molar refractivity (Wildman–Crippen MR) is 84.7 cm³/mol. The van der Waals surface area contributed by atoms with Crippen LogP contribution < -0.4 is 10.1 Å². The molecular weight excluding hydrogens is 319 g/mol. The van der Waals surface area contributed by atoms with Crippen molar-refractivity contribution in [2.24, 2.45) is 0 Å². The SMILES string of the molecule is COc1ccccc1[C@@H](C)NC(=O)Cc1cccc(C(F)(F)F)c1. The highest BCUT2D eigenvalue weighted by molar-refractivity contribution is 5.79. The highest BCUT2D eigenvalue weighted by Crippen LogP contribution is 2.29. The van der Waals surface area contributed by atoms with Crippen LogP contribution in [0.15, 0.2) is 48.5 Å². The zero-order chi connectivity index (χ0) is 17.7. The molecule has 0 radical (unpaired) electrons. The third-order valence-electron chi connectivity index (χ3n) is 3.60. The monoisotopic (exact) mass is 337 g/mol. The molecule has 0 unspecified atom stereocenters. The fraction of sp³-hybridized carbons (Fsp3) is 0.278. The summed E-state index contributed by atoms with van der Waals surface area (Å²) in [5.41, 5.74) is 0.359. The highest BCUT2D eigenvalue weighted by Gasteiger charge is 2.30. The van der Waals surface area contributed by atoms with Crippen LogP contribution in [0.2, 0.25) is 0 Å². The lowest BCUT2D eigenvalue weighted by molar-refractivity contribution is -0.137. The fourth-order valence-electron chi connectivity index (χ4n) is 2.44. The second kappa shape index (κ2) is 7.38. The first kappa shape index (κ1) is 17.8. The molecule has 1 N–H and O–H groups in total. The van der Waals surface area contributed by atoms with Crippen molar-refractivity contribution < 1.29 is 22.7 Å². The second-order valence-electron chi connectivity index (χ2n) is 5.41. The van der Waals surface area contributed by atoms with Crippen molar-refractivity contribution in [3.8, 4) is 5.75 Å². The standard InChI is InChI=1S/C18H18F3NO2/c1-12(15-8-3-4-9-16(15)24-2)22-17(23)11-13-6-5-7-14(10-13)18(19,20)21/h3-10,12H,11H2,1-2H3,(H,22,23)/t12-/m1/s1. The van der Waals surface area contributed by atoms with Crippen molar-refractivity contribution in [3.05, 3.63) is 65.2 Å². The summed E-state index contributed by atoms with van der Waals surface area (Å²) >= 11 is 0. The van der Waals surface area contributed by atoms with Crippen LogP contribution in [0.25, 0.3) is 0 Å². The Kier molecular flexibility index (Phi) is 5.49. The van der Waals surface area contributed by atoms with E-state index in [1.807, 2.05) is 18.2 Å². The maximum Gasteiger partial charge on any atom is 0.416 e. The van der Waals surface area contributed by atoms with E-state index in [0.29, 0.717) is 11.3 Å². The minimum absolute atomic E-state index is 0.122. The third kappa shape index (κ3) is 4.50. The maximum atomic E-state index is 12.7. The zero-order valence-electron chi connectivity index (χ0n) is 13.4. The molecule has 0 bridgehead atoms. The smallest absolute Gasteiger partial charge is 0.416 e. The molecule has 0 aliphatic rings. The molecule has 0 fully saturated rings. The first-order valence-corrected chi connectivity index (χ1v) is 7.39. The zero-order valence-corrected chi connectivity index (χ0v) is 13.4. The number of halogens is 3. The molecule has 1 atom stereocenters. The largest absolute Gasteiger partial charge is 0.496 e. The van der Waals surface area contributed by atoms with Crippen LogP contribution >= 0.6 is 0 Å². The van der Waals surface area contributed by atoms with Gasteiger partial charge in [0.15, 0.2) is 0 Å². The Morgan fingerprint density at radius 3 is 2.54 bits per heavy atom. The van der Waals surface area contributed by atoms with Crippen molar-refractivity contribution in [1.82, 2.24) is 5.32 Å². The number of hydrogen-bond donors (Lipinski definition) is 1. The Balaban J connectivity index is 2.06. The quantitative estimate of drug-likeness (QED) is 0.891. The number of carbonyl (C=O) groups excluding carboxylic acids is 1. The van der Waals surface area contributed by atoms with Gasteiger partial charge in [0, 0.05) is 5.56 Å². The number of hydrogen-bond acceptors (Lipinski definition) is 2. The molecule has 0 spiro atoms. The lowest BCUT2D eigenvalue weighted by Crippen LogP contribution is -2.28. The molecule has 1 amide bonds. The lowest BCUT2D eigenvalue weighted by atomic mass is 10.1. The van der Waals surface area contributed by atoms with Crippen molar-refractivity contribution in [2.45, 2.75) is 25.6 Å². The number of ether oxygens (including phenoxy) is 1. The third-order valence-corrected chi connectivity index (χ3v) is 3.60. The summed E-state index contributed by atoms with van der Waals surface area (Å²) in [6, 6.07) is 11.7. The summed E-state index contributed by atoms with van der Waals surface area (Å²) in [6.45, 7) is 1.79. The van der Waals surface area contributed by atoms with Crippen molar-refractivity contribution in [3.63, 3.8) is 0 Å². The minimum atomic E-state index is -4.42. The molecule has 2 aromatic carbocycles. The Labute approximate surface area is 138 Å². The molecule has 24 heavy (non-hydrogen) atoms.